The first kappa shape index (κ1) is 18.0. The molecule has 1 spiro atoms. The zero-order chi connectivity index (χ0) is 20.1. The van der Waals surface area contributed by atoms with Crippen LogP contribution in [0.3, 0.4) is 0 Å². The summed E-state index contributed by atoms with van der Waals surface area (Å²) in [6.07, 6.45) is 5.28. The van der Waals surface area contributed by atoms with Crippen LogP contribution in [0, 0.1) is 5.92 Å². The fourth-order valence-corrected chi connectivity index (χ4v) is 7.09. The second-order valence-corrected chi connectivity index (χ2v) is 10.0. The zero-order valence-corrected chi connectivity index (χ0v) is 17.2. The molecule has 1 saturated heterocycles. The molecule has 2 bridgehead atoms. The number of aromatic hydroxyl groups is 1. The Bertz CT molecular complexity index is 899. The lowest BCUT2D eigenvalue weighted by Crippen LogP contribution is -2.78. The van der Waals surface area contributed by atoms with Gasteiger partial charge >= 0.3 is 0 Å². The van der Waals surface area contributed by atoms with Gasteiger partial charge in [0.1, 0.15) is 6.10 Å². The van der Waals surface area contributed by atoms with Crippen molar-refractivity contribution in [2.24, 2.45) is 5.92 Å². The number of phenolic OH excluding ortho intramolecular Hbond substituents is 1. The van der Waals surface area contributed by atoms with Crippen molar-refractivity contribution in [1.82, 2.24) is 9.80 Å². The number of likely N-dealkylation sites (N-methyl/N-ethyl adjacent to an activating group) is 1. The van der Waals surface area contributed by atoms with E-state index < -0.39 is 11.0 Å². The fourth-order valence-electron chi connectivity index (χ4n) is 7.09. The van der Waals surface area contributed by atoms with Crippen LogP contribution >= 0.6 is 0 Å². The number of likely N-dealkylation sites (tertiary alicyclic amines) is 1. The first-order valence-corrected chi connectivity index (χ1v) is 11.1. The van der Waals surface area contributed by atoms with Crippen molar-refractivity contribution in [3.05, 3.63) is 23.3 Å². The third kappa shape index (κ3) is 2.12. The molecule has 2 saturated carbocycles. The molecule has 5 aliphatic rings. The van der Waals surface area contributed by atoms with Crippen LogP contribution in [-0.4, -0.2) is 69.8 Å². The number of carbonyl (C=O) groups is 1. The molecule has 2 N–H and O–H groups in total. The van der Waals surface area contributed by atoms with E-state index in [4.69, 9.17) is 4.74 Å². The highest BCUT2D eigenvalue weighted by Crippen LogP contribution is 2.65. The molecule has 1 amide bonds. The number of aliphatic hydroxyl groups is 1. The molecule has 3 fully saturated rings. The third-order valence-corrected chi connectivity index (χ3v) is 8.73. The summed E-state index contributed by atoms with van der Waals surface area (Å²) in [5.41, 5.74) is 0.785. The quantitative estimate of drug-likeness (QED) is 0.812. The first-order chi connectivity index (χ1) is 13.9. The topological polar surface area (TPSA) is 73.2 Å². The van der Waals surface area contributed by atoms with Crippen LogP contribution in [-0.2, 0) is 16.6 Å². The van der Waals surface area contributed by atoms with Crippen LogP contribution in [0.2, 0.25) is 0 Å². The summed E-state index contributed by atoms with van der Waals surface area (Å²) < 4.78 is 6.46. The molecule has 1 aromatic rings. The van der Waals surface area contributed by atoms with Crippen molar-refractivity contribution >= 4 is 5.91 Å². The minimum Gasteiger partial charge on any atom is -0.504 e. The summed E-state index contributed by atoms with van der Waals surface area (Å²) in [6.45, 7) is 3.60. The number of piperidine rings is 1. The predicted octanol–water partition coefficient (Wildman–Crippen LogP) is 1.80. The molecule has 3 aliphatic carbocycles. The molecule has 1 unspecified atom stereocenters. The van der Waals surface area contributed by atoms with Gasteiger partial charge in [-0.15, -0.1) is 0 Å². The lowest BCUT2D eigenvalue weighted by Gasteiger charge is -2.64. The summed E-state index contributed by atoms with van der Waals surface area (Å²) in [4.78, 5) is 16.5. The number of nitrogens with zero attached hydrogens (tertiary/aromatic N) is 2. The highest BCUT2D eigenvalue weighted by molar-refractivity contribution is 5.74. The molecule has 2 aliphatic heterocycles. The van der Waals surface area contributed by atoms with E-state index in [0.29, 0.717) is 12.2 Å². The smallest absolute Gasteiger partial charge is 0.219 e. The summed E-state index contributed by atoms with van der Waals surface area (Å²) in [7, 11) is 1.84. The maximum atomic E-state index is 12.3. The van der Waals surface area contributed by atoms with Crippen LogP contribution < -0.4 is 4.74 Å². The van der Waals surface area contributed by atoms with E-state index >= 15 is 0 Å². The van der Waals surface area contributed by atoms with Gasteiger partial charge in [0.15, 0.2) is 11.5 Å². The van der Waals surface area contributed by atoms with E-state index in [0.717, 1.165) is 43.8 Å². The number of rotatable bonds is 3. The largest absolute Gasteiger partial charge is 0.504 e. The summed E-state index contributed by atoms with van der Waals surface area (Å²) in [5, 5.41) is 22.9. The van der Waals surface area contributed by atoms with E-state index in [1.54, 1.807) is 17.9 Å². The minimum absolute atomic E-state index is 0.0133. The van der Waals surface area contributed by atoms with Crippen molar-refractivity contribution in [2.45, 2.75) is 74.7 Å². The molecule has 6 rings (SSSR count). The van der Waals surface area contributed by atoms with Gasteiger partial charge in [-0.3, -0.25) is 9.69 Å². The van der Waals surface area contributed by atoms with Gasteiger partial charge in [-0.05, 0) is 62.6 Å². The molecule has 1 aromatic carbocycles. The minimum atomic E-state index is -0.884. The van der Waals surface area contributed by atoms with E-state index in [1.807, 2.05) is 13.1 Å². The number of benzene rings is 1. The van der Waals surface area contributed by atoms with Crippen LogP contribution in [0.1, 0.15) is 50.2 Å². The number of ether oxygens (including phenoxy) is 1. The van der Waals surface area contributed by atoms with Crippen LogP contribution in [0.5, 0.6) is 11.5 Å². The van der Waals surface area contributed by atoms with Gasteiger partial charge in [0, 0.05) is 32.1 Å². The molecule has 6 nitrogen and oxygen atoms in total. The monoisotopic (exact) mass is 398 g/mol. The number of phenols is 1. The maximum absolute atomic E-state index is 12.3. The SMILES string of the molecule is CC(=O)N(C)[C@H]1CC[C@@]2(O)[C@@H]3Cc4ccc(O)c5c4C2(CCN3CC2CC2)[C@H]1O5. The molecule has 6 heteroatoms. The molecule has 2 heterocycles. The standard InChI is InChI=1S/C23H30N2O4/c1-13(26)24(2)16-7-8-23(28)18-11-15-5-6-17(27)20-19(15)22(23,21(16)29-20)9-10-25(18)12-14-3-4-14/h5-6,14,16,18,21,27-28H,3-4,7-12H2,1-2H3/t16-,18-,21-,22?,23+/m0/s1. The van der Waals surface area contributed by atoms with Crippen LogP contribution in [0.25, 0.3) is 0 Å². The Morgan fingerprint density at radius 1 is 1.31 bits per heavy atom. The second-order valence-electron chi connectivity index (χ2n) is 10.0. The maximum Gasteiger partial charge on any atom is 0.219 e. The lowest BCUT2D eigenvalue weighted by molar-refractivity contribution is -0.200. The summed E-state index contributed by atoms with van der Waals surface area (Å²) in [5.74, 6) is 1.49. The van der Waals surface area contributed by atoms with Gasteiger partial charge in [-0.2, -0.15) is 0 Å². The van der Waals surface area contributed by atoms with Gasteiger partial charge in [0.2, 0.25) is 5.91 Å². The summed E-state index contributed by atoms with van der Waals surface area (Å²) >= 11 is 0. The average Bonchev–Trinajstić information content (AvgIpc) is 3.42. The Morgan fingerprint density at radius 2 is 2.10 bits per heavy atom. The van der Waals surface area contributed by atoms with Crippen molar-refractivity contribution in [1.29, 1.82) is 0 Å². The Morgan fingerprint density at radius 3 is 2.83 bits per heavy atom. The van der Waals surface area contributed by atoms with E-state index in [9.17, 15) is 15.0 Å². The third-order valence-electron chi connectivity index (χ3n) is 8.73. The van der Waals surface area contributed by atoms with Gasteiger partial charge in [0.05, 0.1) is 17.1 Å². The predicted molar refractivity (Wildman–Crippen MR) is 107 cm³/mol. The molecule has 29 heavy (non-hydrogen) atoms. The molecule has 156 valence electrons. The van der Waals surface area contributed by atoms with Crippen molar-refractivity contribution in [3.8, 4) is 11.5 Å². The van der Waals surface area contributed by atoms with Crippen molar-refractivity contribution < 1.29 is 19.7 Å². The fraction of sp³-hybridized carbons (Fsp3) is 0.696. The van der Waals surface area contributed by atoms with Gasteiger partial charge in [-0.1, -0.05) is 6.07 Å². The Labute approximate surface area is 171 Å². The molecular weight excluding hydrogens is 368 g/mol. The highest BCUT2D eigenvalue weighted by atomic mass is 16.5. The Kier molecular flexibility index (Phi) is 3.52. The van der Waals surface area contributed by atoms with E-state index in [-0.39, 0.29) is 29.8 Å². The van der Waals surface area contributed by atoms with Crippen molar-refractivity contribution in [3.63, 3.8) is 0 Å². The number of amides is 1. The van der Waals surface area contributed by atoms with E-state index in [2.05, 4.69) is 4.90 Å². The second kappa shape index (κ2) is 5.67. The van der Waals surface area contributed by atoms with Gasteiger partial charge in [-0.25, -0.2) is 0 Å². The van der Waals surface area contributed by atoms with Gasteiger partial charge < -0.3 is 19.8 Å². The molecule has 0 radical (unpaired) electrons. The number of carbonyl (C=O) groups excluding carboxylic acids is 1. The van der Waals surface area contributed by atoms with Gasteiger partial charge in [0.25, 0.3) is 0 Å². The highest BCUT2D eigenvalue weighted by Gasteiger charge is 2.73. The number of hydrogen-bond acceptors (Lipinski definition) is 5. The zero-order valence-electron chi connectivity index (χ0n) is 17.2. The summed E-state index contributed by atoms with van der Waals surface area (Å²) in [6, 6.07) is 3.74. The van der Waals surface area contributed by atoms with Crippen LogP contribution in [0.15, 0.2) is 12.1 Å². The molecular formula is C23H30N2O4. The Hall–Kier alpha value is -1.79. The lowest BCUT2D eigenvalue weighted by atomic mass is 9.48. The van der Waals surface area contributed by atoms with Crippen LogP contribution in [0.4, 0.5) is 0 Å². The molecule has 0 aromatic heterocycles. The molecule has 5 atom stereocenters. The normalized spacial score (nSPS) is 39.6. The number of hydrogen-bond donors (Lipinski definition) is 2. The van der Waals surface area contributed by atoms with E-state index in [1.165, 1.54) is 18.4 Å². The van der Waals surface area contributed by atoms with Crippen molar-refractivity contribution in [2.75, 3.05) is 20.1 Å². The first-order valence-electron chi connectivity index (χ1n) is 11.1. The average molecular weight is 399 g/mol. The Balaban J connectivity index is 1.52.